The summed E-state index contributed by atoms with van der Waals surface area (Å²) in [6.07, 6.45) is 2.77. The van der Waals surface area contributed by atoms with E-state index in [1.54, 1.807) is 17.6 Å². The molecule has 0 bridgehead atoms. The van der Waals surface area contributed by atoms with Gasteiger partial charge in [0.25, 0.3) is 5.56 Å². The summed E-state index contributed by atoms with van der Waals surface area (Å²) in [6.45, 7) is 1.95. The van der Waals surface area contributed by atoms with Gasteiger partial charge in [-0.2, -0.15) is 5.26 Å². The lowest BCUT2D eigenvalue weighted by Crippen LogP contribution is -2.44. The molecule has 1 aliphatic carbocycles. The van der Waals surface area contributed by atoms with Gasteiger partial charge in [-0.15, -0.1) is 0 Å². The Labute approximate surface area is 177 Å². The number of hydrogen-bond donors (Lipinski definition) is 1. The zero-order chi connectivity index (χ0) is 21.5. The fourth-order valence-electron chi connectivity index (χ4n) is 5.42. The number of aryl methyl sites for hydroxylation is 2. The zero-order valence-electron chi connectivity index (χ0n) is 17.0. The van der Waals surface area contributed by atoms with Crippen LogP contribution >= 0.6 is 0 Å². The number of aromatic nitrogens is 2. The maximum atomic E-state index is 13.3. The highest BCUT2D eigenvalue weighted by Crippen LogP contribution is 2.42. The summed E-state index contributed by atoms with van der Waals surface area (Å²) in [7, 11) is 0. The minimum Gasteiger partial charge on any atom is -0.458 e. The lowest BCUT2D eigenvalue weighted by molar-refractivity contribution is -0.172. The Morgan fingerprint density at radius 3 is 2.81 bits per heavy atom. The SMILES string of the molecule is CC[C@@]1(O)C(=O)OCc2c1cc1n(c2=O)Cc2c-1nc1ccc(C#N)c3c1c2CCC3. The van der Waals surface area contributed by atoms with Gasteiger partial charge in [0, 0.05) is 16.5 Å². The first kappa shape index (κ1) is 18.3. The number of carbonyl (C=O) groups excluding carboxylic acids is 1. The highest BCUT2D eigenvalue weighted by molar-refractivity contribution is 5.93. The van der Waals surface area contributed by atoms with Crippen LogP contribution in [0.25, 0.3) is 22.3 Å². The van der Waals surface area contributed by atoms with Crippen molar-refractivity contribution in [2.45, 2.75) is 51.4 Å². The molecule has 6 rings (SSSR count). The number of benzene rings is 1. The number of hydrogen-bond acceptors (Lipinski definition) is 6. The van der Waals surface area contributed by atoms with Gasteiger partial charge >= 0.3 is 5.97 Å². The van der Waals surface area contributed by atoms with Crippen LogP contribution in [0, 0.1) is 11.3 Å². The van der Waals surface area contributed by atoms with Crippen molar-refractivity contribution in [2.75, 3.05) is 0 Å². The smallest absolute Gasteiger partial charge is 0.343 e. The Bertz CT molecular complexity index is 1450. The first-order chi connectivity index (χ1) is 15.0. The Kier molecular flexibility index (Phi) is 3.55. The molecule has 1 aromatic carbocycles. The van der Waals surface area contributed by atoms with Gasteiger partial charge in [0.05, 0.1) is 40.6 Å². The molecule has 2 aliphatic heterocycles. The van der Waals surface area contributed by atoms with E-state index in [2.05, 4.69) is 6.07 Å². The molecular formula is C24H19N3O4. The summed E-state index contributed by atoms with van der Waals surface area (Å²) < 4.78 is 6.81. The summed E-state index contributed by atoms with van der Waals surface area (Å²) in [6, 6.07) is 7.71. The largest absolute Gasteiger partial charge is 0.458 e. The van der Waals surface area contributed by atoms with Gasteiger partial charge < -0.3 is 14.4 Å². The number of esters is 1. The highest BCUT2D eigenvalue weighted by Gasteiger charge is 2.45. The second kappa shape index (κ2) is 6.02. The lowest BCUT2D eigenvalue weighted by Gasteiger charge is -2.31. The van der Waals surface area contributed by atoms with Crippen molar-refractivity contribution in [1.82, 2.24) is 9.55 Å². The van der Waals surface area contributed by atoms with E-state index in [4.69, 9.17) is 9.72 Å². The highest BCUT2D eigenvalue weighted by atomic mass is 16.6. The standard InChI is InChI=1S/C24H19N3O4/c1-2-24(30)17-8-19-21-15(10-27(19)22(28)16(17)11-31-23(24)29)14-5-3-4-13-12(9-25)6-7-18(26-21)20(13)14/h6-8,30H,2-5,10-11H2,1H3/t24-/m0/s1. The van der Waals surface area contributed by atoms with E-state index in [0.717, 1.165) is 52.5 Å². The third-order valence-electron chi connectivity index (χ3n) is 7.05. The van der Waals surface area contributed by atoms with Crippen LogP contribution in [-0.2, 0) is 41.1 Å². The monoisotopic (exact) mass is 413 g/mol. The Balaban J connectivity index is 1.67. The maximum absolute atomic E-state index is 13.3. The molecule has 0 saturated carbocycles. The topological polar surface area (TPSA) is 105 Å². The van der Waals surface area contributed by atoms with E-state index in [1.165, 1.54) is 0 Å². The number of ether oxygens (including phenoxy) is 1. The van der Waals surface area contributed by atoms with E-state index in [1.807, 2.05) is 12.1 Å². The first-order valence-electron chi connectivity index (χ1n) is 10.5. The van der Waals surface area contributed by atoms with Gasteiger partial charge in [-0.05, 0) is 55.0 Å². The molecule has 7 heteroatoms. The third kappa shape index (κ3) is 2.18. The molecule has 3 aliphatic rings. The molecule has 0 spiro atoms. The molecule has 0 radical (unpaired) electrons. The van der Waals surface area contributed by atoms with Crippen molar-refractivity contribution in [2.24, 2.45) is 0 Å². The Morgan fingerprint density at radius 1 is 1.23 bits per heavy atom. The summed E-state index contributed by atoms with van der Waals surface area (Å²) in [5.41, 5.74) is 4.59. The molecule has 2 aromatic heterocycles. The van der Waals surface area contributed by atoms with E-state index in [9.17, 15) is 20.0 Å². The molecule has 7 nitrogen and oxygen atoms in total. The van der Waals surface area contributed by atoms with E-state index in [-0.39, 0.29) is 18.6 Å². The molecule has 0 unspecified atom stereocenters. The normalized spacial score (nSPS) is 20.6. The van der Waals surface area contributed by atoms with Crippen LogP contribution in [-0.4, -0.2) is 20.6 Å². The molecule has 1 atom stereocenters. The summed E-state index contributed by atoms with van der Waals surface area (Å²) in [5, 5.41) is 21.6. The van der Waals surface area contributed by atoms with Gasteiger partial charge in [0.1, 0.15) is 6.61 Å². The molecule has 31 heavy (non-hydrogen) atoms. The predicted molar refractivity (Wildman–Crippen MR) is 111 cm³/mol. The molecule has 0 amide bonds. The van der Waals surface area contributed by atoms with E-state index < -0.39 is 11.6 Å². The minimum atomic E-state index is -1.83. The second-order valence-electron chi connectivity index (χ2n) is 8.47. The van der Waals surface area contributed by atoms with Crippen molar-refractivity contribution >= 4 is 16.9 Å². The van der Waals surface area contributed by atoms with Crippen LogP contribution in [0.2, 0.25) is 0 Å². The van der Waals surface area contributed by atoms with Crippen LogP contribution < -0.4 is 5.56 Å². The molecular weight excluding hydrogens is 394 g/mol. The molecule has 0 fully saturated rings. The number of nitriles is 1. The number of fused-ring (bicyclic) bond motifs is 5. The van der Waals surface area contributed by atoms with Crippen molar-refractivity contribution in [3.8, 4) is 17.5 Å². The average Bonchev–Trinajstić information content (AvgIpc) is 3.16. The fraction of sp³-hybridized carbons (Fsp3) is 0.333. The molecule has 154 valence electrons. The average molecular weight is 413 g/mol. The van der Waals surface area contributed by atoms with Gasteiger partial charge in [-0.1, -0.05) is 6.92 Å². The van der Waals surface area contributed by atoms with Crippen molar-refractivity contribution in [3.63, 3.8) is 0 Å². The second-order valence-corrected chi connectivity index (χ2v) is 8.47. The Hall–Kier alpha value is -3.50. The van der Waals surface area contributed by atoms with E-state index >= 15 is 0 Å². The van der Waals surface area contributed by atoms with Gasteiger partial charge in [-0.3, -0.25) is 4.79 Å². The molecule has 1 N–H and O–H groups in total. The lowest BCUT2D eigenvalue weighted by atomic mass is 9.84. The van der Waals surface area contributed by atoms with E-state index in [0.29, 0.717) is 28.9 Å². The minimum absolute atomic E-state index is 0.116. The maximum Gasteiger partial charge on any atom is 0.343 e. The van der Waals surface area contributed by atoms with Gasteiger partial charge in [0.15, 0.2) is 5.60 Å². The summed E-state index contributed by atoms with van der Waals surface area (Å²) in [5.74, 6) is -0.722. The number of cyclic esters (lactones) is 1. The van der Waals surface area contributed by atoms with Crippen LogP contribution in [0.1, 0.15) is 53.1 Å². The summed E-state index contributed by atoms with van der Waals surface area (Å²) >= 11 is 0. The summed E-state index contributed by atoms with van der Waals surface area (Å²) in [4.78, 5) is 30.6. The van der Waals surface area contributed by atoms with Gasteiger partial charge in [0.2, 0.25) is 0 Å². The number of rotatable bonds is 1. The molecule has 4 heterocycles. The number of carbonyl (C=O) groups is 1. The zero-order valence-corrected chi connectivity index (χ0v) is 17.0. The predicted octanol–water partition coefficient (Wildman–Crippen LogP) is 2.44. The van der Waals surface area contributed by atoms with Crippen LogP contribution in [0.15, 0.2) is 23.0 Å². The Morgan fingerprint density at radius 2 is 2.03 bits per heavy atom. The van der Waals surface area contributed by atoms with Crippen molar-refractivity contribution < 1.29 is 14.6 Å². The number of nitrogens with zero attached hydrogens (tertiary/aromatic N) is 3. The number of pyridine rings is 2. The number of aliphatic hydroxyl groups is 1. The van der Waals surface area contributed by atoms with Crippen LogP contribution in [0.3, 0.4) is 0 Å². The molecule has 3 aromatic rings. The molecule has 0 saturated heterocycles. The first-order valence-corrected chi connectivity index (χ1v) is 10.5. The quantitative estimate of drug-likeness (QED) is 0.481. The third-order valence-corrected chi connectivity index (χ3v) is 7.05. The van der Waals surface area contributed by atoms with Crippen LogP contribution in [0.4, 0.5) is 0 Å². The van der Waals surface area contributed by atoms with Gasteiger partial charge in [-0.25, -0.2) is 9.78 Å². The van der Waals surface area contributed by atoms with Crippen molar-refractivity contribution in [1.29, 1.82) is 5.26 Å². The van der Waals surface area contributed by atoms with Crippen molar-refractivity contribution in [3.05, 3.63) is 61.9 Å². The van der Waals surface area contributed by atoms with Crippen LogP contribution in [0.5, 0.6) is 0 Å². The fourth-order valence-corrected chi connectivity index (χ4v) is 5.42.